The third kappa shape index (κ3) is 12.5. The molecule has 0 aliphatic carbocycles. The fourth-order valence-electron chi connectivity index (χ4n) is 1.28. The van der Waals surface area contributed by atoms with Crippen LogP contribution in [0, 0.1) is 23.7 Å². The van der Waals surface area contributed by atoms with Crippen LogP contribution in [0.2, 0.25) is 0 Å². The Morgan fingerprint density at radius 1 is 0.895 bits per heavy atom. The standard InChI is InChI=1S/C17H22O2/c1-3-5-6-7-8-9-10-14-17(19)15-12-11-13-16(18)4-2/h3-4,10,14,16-19H,1-2,5-9H2/b14-10-/t16-,17-/m1/s1. The predicted molar refractivity (Wildman–Crippen MR) is 80.2 cm³/mol. The van der Waals surface area contributed by atoms with Crippen molar-refractivity contribution in [1.29, 1.82) is 0 Å². The number of allylic oxidation sites excluding steroid dienone is 2. The Bertz CT molecular complexity index is 398. The summed E-state index contributed by atoms with van der Waals surface area (Å²) in [5.41, 5.74) is 0. The third-order valence-electron chi connectivity index (χ3n) is 2.32. The highest BCUT2D eigenvalue weighted by atomic mass is 16.3. The normalized spacial score (nSPS) is 12.7. The Morgan fingerprint density at radius 2 is 1.53 bits per heavy atom. The van der Waals surface area contributed by atoms with Gasteiger partial charge in [-0.1, -0.05) is 43.1 Å². The zero-order valence-corrected chi connectivity index (χ0v) is 11.3. The Balaban J connectivity index is 3.80. The van der Waals surface area contributed by atoms with Crippen LogP contribution in [-0.4, -0.2) is 22.4 Å². The fraction of sp³-hybridized carbons (Fsp3) is 0.412. The number of hydrogen-bond acceptors (Lipinski definition) is 2. The molecular weight excluding hydrogens is 236 g/mol. The van der Waals surface area contributed by atoms with E-state index in [0.717, 1.165) is 19.3 Å². The van der Waals surface area contributed by atoms with Crippen LogP contribution in [0.1, 0.15) is 32.1 Å². The van der Waals surface area contributed by atoms with Crippen molar-refractivity contribution in [3.05, 3.63) is 37.5 Å². The first kappa shape index (κ1) is 17.3. The first-order chi connectivity index (χ1) is 9.20. The quantitative estimate of drug-likeness (QED) is 0.399. The molecule has 0 bridgehead atoms. The maximum Gasteiger partial charge on any atom is 0.134 e. The fourth-order valence-corrected chi connectivity index (χ4v) is 1.28. The van der Waals surface area contributed by atoms with E-state index in [2.05, 4.69) is 36.8 Å². The lowest BCUT2D eigenvalue weighted by Crippen LogP contribution is -1.97. The van der Waals surface area contributed by atoms with Crippen molar-refractivity contribution in [1.82, 2.24) is 0 Å². The van der Waals surface area contributed by atoms with Crippen LogP contribution in [0.25, 0.3) is 0 Å². The highest BCUT2D eigenvalue weighted by Crippen LogP contribution is 2.04. The van der Waals surface area contributed by atoms with E-state index in [1.54, 1.807) is 6.08 Å². The van der Waals surface area contributed by atoms with Gasteiger partial charge >= 0.3 is 0 Å². The van der Waals surface area contributed by atoms with Crippen LogP contribution in [0.4, 0.5) is 0 Å². The summed E-state index contributed by atoms with van der Waals surface area (Å²) in [5.74, 6) is 9.96. The molecule has 0 unspecified atom stereocenters. The van der Waals surface area contributed by atoms with Gasteiger partial charge in [0.25, 0.3) is 0 Å². The van der Waals surface area contributed by atoms with Crippen molar-refractivity contribution in [2.75, 3.05) is 0 Å². The van der Waals surface area contributed by atoms with Gasteiger partial charge in [-0.3, -0.25) is 0 Å². The number of hydrogen-bond donors (Lipinski definition) is 2. The molecule has 0 heterocycles. The van der Waals surface area contributed by atoms with Gasteiger partial charge in [0.05, 0.1) is 0 Å². The maximum absolute atomic E-state index is 9.49. The third-order valence-corrected chi connectivity index (χ3v) is 2.32. The van der Waals surface area contributed by atoms with Gasteiger partial charge in [0, 0.05) is 0 Å². The number of aliphatic hydroxyl groups excluding tert-OH is 2. The molecule has 0 rings (SSSR count). The summed E-state index contributed by atoms with van der Waals surface area (Å²) in [7, 11) is 0. The molecule has 0 aromatic heterocycles. The lowest BCUT2D eigenvalue weighted by Gasteiger charge is -1.96. The maximum atomic E-state index is 9.49. The van der Waals surface area contributed by atoms with E-state index in [1.165, 1.54) is 18.9 Å². The minimum absolute atomic E-state index is 0.802. The molecule has 0 aromatic rings. The summed E-state index contributed by atoms with van der Waals surface area (Å²) in [6.07, 6.45) is 10.6. The average Bonchev–Trinajstić information content (AvgIpc) is 2.42. The van der Waals surface area contributed by atoms with E-state index in [0.29, 0.717) is 0 Å². The summed E-state index contributed by atoms with van der Waals surface area (Å²) < 4.78 is 0. The lowest BCUT2D eigenvalue weighted by molar-refractivity contribution is 0.280. The van der Waals surface area contributed by atoms with E-state index in [1.807, 2.05) is 12.2 Å². The van der Waals surface area contributed by atoms with Crippen LogP contribution in [0.15, 0.2) is 37.5 Å². The zero-order chi connectivity index (χ0) is 14.3. The van der Waals surface area contributed by atoms with Crippen molar-refractivity contribution in [2.24, 2.45) is 0 Å². The molecule has 0 amide bonds. The van der Waals surface area contributed by atoms with E-state index < -0.39 is 12.2 Å². The second kappa shape index (κ2) is 12.7. The molecule has 2 N–H and O–H groups in total. The van der Waals surface area contributed by atoms with E-state index in [4.69, 9.17) is 5.11 Å². The lowest BCUT2D eigenvalue weighted by atomic mass is 10.1. The number of unbranched alkanes of at least 4 members (excludes halogenated alkanes) is 4. The van der Waals surface area contributed by atoms with Crippen molar-refractivity contribution in [2.45, 2.75) is 44.3 Å². The highest BCUT2D eigenvalue weighted by Gasteiger charge is 1.90. The van der Waals surface area contributed by atoms with Gasteiger partial charge < -0.3 is 10.2 Å². The molecular formula is C17H22O2. The van der Waals surface area contributed by atoms with Gasteiger partial charge in [0.1, 0.15) is 12.2 Å². The highest BCUT2D eigenvalue weighted by molar-refractivity contribution is 5.31. The van der Waals surface area contributed by atoms with Crippen molar-refractivity contribution < 1.29 is 10.2 Å². The summed E-state index contributed by atoms with van der Waals surface area (Å²) in [6, 6.07) is 0. The van der Waals surface area contributed by atoms with Gasteiger partial charge in [-0.15, -0.1) is 6.58 Å². The van der Waals surface area contributed by atoms with E-state index in [-0.39, 0.29) is 0 Å². The Labute approximate surface area is 116 Å². The summed E-state index contributed by atoms with van der Waals surface area (Å²) in [6.45, 7) is 7.06. The van der Waals surface area contributed by atoms with Crippen LogP contribution in [-0.2, 0) is 0 Å². The van der Waals surface area contributed by atoms with Crippen LogP contribution in [0.3, 0.4) is 0 Å². The molecule has 0 aliphatic heterocycles. The van der Waals surface area contributed by atoms with Crippen molar-refractivity contribution in [3.8, 4) is 23.7 Å². The Morgan fingerprint density at radius 3 is 2.16 bits per heavy atom. The molecule has 2 nitrogen and oxygen atoms in total. The Hall–Kier alpha value is -1.74. The molecule has 0 aliphatic rings. The molecule has 2 atom stereocenters. The number of rotatable bonds is 8. The minimum atomic E-state index is -0.863. The van der Waals surface area contributed by atoms with Gasteiger partial charge in [0.15, 0.2) is 0 Å². The van der Waals surface area contributed by atoms with Crippen molar-refractivity contribution >= 4 is 0 Å². The van der Waals surface area contributed by atoms with Crippen LogP contribution < -0.4 is 0 Å². The molecule has 2 heteroatoms. The summed E-state index contributed by atoms with van der Waals surface area (Å²) >= 11 is 0. The predicted octanol–water partition coefficient (Wildman–Crippen LogP) is 2.59. The van der Waals surface area contributed by atoms with Gasteiger partial charge in [0.2, 0.25) is 0 Å². The minimum Gasteiger partial charge on any atom is -0.377 e. The SMILES string of the molecule is C=CCCCCC/C=C\[C@@H](O)C#CC#C[C@H](O)C=C. The number of aliphatic hydroxyl groups is 2. The summed E-state index contributed by atoms with van der Waals surface area (Å²) in [4.78, 5) is 0. The molecule has 0 saturated carbocycles. The monoisotopic (exact) mass is 258 g/mol. The molecule has 0 aromatic carbocycles. The zero-order valence-electron chi connectivity index (χ0n) is 11.3. The molecule has 0 saturated heterocycles. The second-order valence-corrected chi connectivity index (χ2v) is 4.02. The molecule has 19 heavy (non-hydrogen) atoms. The Kier molecular flexibility index (Phi) is 11.5. The van der Waals surface area contributed by atoms with Crippen molar-refractivity contribution in [3.63, 3.8) is 0 Å². The largest absolute Gasteiger partial charge is 0.377 e. The summed E-state index contributed by atoms with van der Waals surface area (Å²) in [5, 5.41) is 18.5. The van der Waals surface area contributed by atoms with E-state index in [9.17, 15) is 5.11 Å². The van der Waals surface area contributed by atoms with Gasteiger partial charge in [-0.25, -0.2) is 0 Å². The topological polar surface area (TPSA) is 40.5 Å². The molecule has 0 radical (unpaired) electrons. The molecule has 0 spiro atoms. The van der Waals surface area contributed by atoms with Crippen LogP contribution in [0.5, 0.6) is 0 Å². The van der Waals surface area contributed by atoms with Gasteiger partial charge in [-0.2, -0.15) is 0 Å². The smallest absolute Gasteiger partial charge is 0.134 e. The van der Waals surface area contributed by atoms with Gasteiger partial charge in [-0.05, 0) is 43.6 Å². The molecule has 102 valence electrons. The van der Waals surface area contributed by atoms with Crippen LogP contribution >= 0.6 is 0 Å². The second-order valence-electron chi connectivity index (χ2n) is 4.02. The van der Waals surface area contributed by atoms with E-state index >= 15 is 0 Å². The first-order valence-corrected chi connectivity index (χ1v) is 6.48. The average molecular weight is 258 g/mol. The first-order valence-electron chi connectivity index (χ1n) is 6.48. The molecule has 0 fully saturated rings.